The zero-order valence-electron chi connectivity index (χ0n) is 10.5. The van der Waals surface area contributed by atoms with Crippen LogP contribution in [0.15, 0.2) is 0 Å². The molecule has 1 rings (SSSR count). The summed E-state index contributed by atoms with van der Waals surface area (Å²) in [6, 6.07) is 0. The Kier molecular flexibility index (Phi) is 4.00. The van der Waals surface area contributed by atoms with Crippen LogP contribution in [-0.4, -0.2) is 24.9 Å². The van der Waals surface area contributed by atoms with Gasteiger partial charge in [-0.2, -0.15) is 0 Å². The van der Waals surface area contributed by atoms with Crippen LogP contribution in [0, 0.1) is 0 Å². The summed E-state index contributed by atoms with van der Waals surface area (Å²) in [7, 11) is 0. The predicted octanol–water partition coefficient (Wildman–Crippen LogP) is 3.69. The quantitative estimate of drug-likeness (QED) is 0.726. The van der Waals surface area contributed by atoms with Crippen molar-refractivity contribution in [3.8, 4) is 0 Å². The summed E-state index contributed by atoms with van der Waals surface area (Å²) in [5, 5.41) is -0.117. The summed E-state index contributed by atoms with van der Waals surface area (Å²) in [4.78, 5) is 24.1. The zero-order valence-corrected chi connectivity index (χ0v) is 12.1. The van der Waals surface area contributed by atoms with Gasteiger partial charge in [0.1, 0.15) is 4.75 Å². The molecule has 0 radical (unpaired) electrons. The highest BCUT2D eigenvalue weighted by molar-refractivity contribution is 8.18. The van der Waals surface area contributed by atoms with Gasteiger partial charge in [0.15, 0.2) is 0 Å². The molecular weight excluding hydrogens is 242 g/mol. The summed E-state index contributed by atoms with van der Waals surface area (Å²) in [5.41, 5.74) is 0. The standard InChI is InChI=1S/C11H19NO2S2/c1-6-11(7-2)8(13)12(9(14)15-11)16-10(3,4)5/h6-7H2,1-5H3. The molecule has 0 bridgehead atoms. The molecule has 0 aromatic rings. The first-order valence-corrected chi connectivity index (χ1v) is 7.11. The molecule has 0 N–H and O–H groups in total. The Morgan fingerprint density at radius 1 is 1.25 bits per heavy atom. The highest BCUT2D eigenvalue weighted by atomic mass is 32.2. The van der Waals surface area contributed by atoms with E-state index in [1.54, 1.807) is 0 Å². The Labute approximate surface area is 106 Å². The van der Waals surface area contributed by atoms with Gasteiger partial charge in [-0.25, -0.2) is 4.31 Å². The molecule has 0 atom stereocenters. The molecule has 0 aliphatic carbocycles. The Hall–Kier alpha value is -0.160. The molecule has 2 amide bonds. The van der Waals surface area contributed by atoms with E-state index in [0.717, 1.165) is 0 Å². The maximum Gasteiger partial charge on any atom is 0.299 e. The van der Waals surface area contributed by atoms with Crippen LogP contribution < -0.4 is 0 Å². The smallest absolute Gasteiger partial charge is 0.272 e. The van der Waals surface area contributed by atoms with Gasteiger partial charge in [-0.05, 0) is 57.3 Å². The third-order valence-electron chi connectivity index (χ3n) is 2.53. The van der Waals surface area contributed by atoms with Crippen LogP contribution in [0.4, 0.5) is 4.79 Å². The van der Waals surface area contributed by atoms with E-state index < -0.39 is 4.75 Å². The van der Waals surface area contributed by atoms with Gasteiger partial charge in [0, 0.05) is 4.75 Å². The van der Waals surface area contributed by atoms with Crippen LogP contribution in [-0.2, 0) is 4.79 Å². The average molecular weight is 261 g/mol. The number of hydrogen-bond acceptors (Lipinski definition) is 4. The predicted molar refractivity (Wildman–Crippen MR) is 70.5 cm³/mol. The van der Waals surface area contributed by atoms with Crippen molar-refractivity contribution >= 4 is 34.9 Å². The molecule has 16 heavy (non-hydrogen) atoms. The maximum absolute atomic E-state index is 12.2. The second kappa shape index (κ2) is 4.61. The number of hydrogen-bond donors (Lipinski definition) is 0. The highest BCUT2D eigenvalue weighted by Gasteiger charge is 2.51. The van der Waals surface area contributed by atoms with Crippen molar-refractivity contribution in [1.82, 2.24) is 4.31 Å². The molecule has 0 saturated carbocycles. The van der Waals surface area contributed by atoms with Crippen molar-refractivity contribution in [2.75, 3.05) is 0 Å². The maximum atomic E-state index is 12.2. The van der Waals surface area contributed by atoms with Crippen molar-refractivity contribution < 1.29 is 9.59 Å². The van der Waals surface area contributed by atoms with E-state index in [1.807, 2.05) is 34.6 Å². The van der Waals surface area contributed by atoms with E-state index >= 15 is 0 Å². The molecule has 92 valence electrons. The molecule has 1 aliphatic heterocycles. The fourth-order valence-electron chi connectivity index (χ4n) is 1.57. The Morgan fingerprint density at radius 2 is 1.75 bits per heavy atom. The van der Waals surface area contributed by atoms with Gasteiger partial charge in [-0.15, -0.1) is 0 Å². The number of carbonyl (C=O) groups is 2. The second-order valence-corrected chi connectivity index (χ2v) is 7.98. The van der Waals surface area contributed by atoms with Crippen molar-refractivity contribution in [2.24, 2.45) is 0 Å². The van der Waals surface area contributed by atoms with E-state index in [1.165, 1.54) is 28.0 Å². The molecule has 1 fully saturated rings. The summed E-state index contributed by atoms with van der Waals surface area (Å²) < 4.78 is 0.705. The fourth-order valence-corrected chi connectivity index (χ4v) is 3.70. The van der Waals surface area contributed by atoms with Gasteiger partial charge in [0.2, 0.25) is 0 Å². The minimum absolute atomic E-state index is 0.0348. The third-order valence-corrected chi connectivity index (χ3v) is 5.21. The van der Waals surface area contributed by atoms with Crippen molar-refractivity contribution in [2.45, 2.75) is 57.0 Å². The molecule has 0 unspecified atom stereocenters. The van der Waals surface area contributed by atoms with E-state index in [-0.39, 0.29) is 15.9 Å². The summed E-state index contributed by atoms with van der Waals surface area (Å²) in [6.07, 6.45) is 1.42. The van der Waals surface area contributed by atoms with Crippen LogP contribution in [0.2, 0.25) is 0 Å². The third kappa shape index (κ3) is 2.56. The van der Waals surface area contributed by atoms with Crippen molar-refractivity contribution in [1.29, 1.82) is 0 Å². The van der Waals surface area contributed by atoms with Gasteiger partial charge in [0.25, 0.3) is 11.1 Å². The first kappa shape index (κ1) is 13.9. The van der Waals surface area contributed by atoms with E-state index in [9.17, 15) is 9.59 Å². The molecule has 0 aromatic heterocycles. The Balaban J connectivity index is 2.91. The van der Waals surface area contributed by atoms with Crippen LogP contribution >= 0.6 is 23.7 Å². The summed E-state index contributed by atoms with van der Waals surface area (Å²) in [6.45, 7) is 9.93. The number of imide groups is 1. The normalized spacial score (nSPS) is 20.7. The average Bonchev–Trinajstić information content (AvgIpc) is 2.41. The lowest BCUT2D eigenvalue weighted by atomic mass is 10.0. The van der Waals surface area contributed by atoms with Gasteiger partial charge < -0.3 is 0 Å². The molecule has 3 nitrogen and oxygen atoms in total. The SMILES string of the molecule is CCC1(CC)SC(=O)N(SC(C)(C)C)C1=O. The van der Waals surface area contributed by atoms with Crippen LogP contribution in [0.1, 0.15) is 47.5 Å². The minimum atomic E-state index is -0.519. The van der Waals surface area contributed by atoms with Gasteiger partial charge in [0.05, 0.1) is 0 Å². The minimum Gasteiger partial charge on any atom is -0.272 e. The van der Waals surface area contributed by atoms with Crippen LogP contribution in [0.5, 0.6) is 0 Å². The lowest BCUT2D eigenvalue weighted by molar-refractivity contribution is -0.125. The number of rotatable bonds is 3. The molecule has 1 heterocycles. The number of thioether (sulfide) groups is 1. The largest absolute Gasteiger partial charge is 0.299 e. The first-order chi connectivity index (χ1) is 7.25. The van der Waals surface area contributed by atoms with Crippen molar-refractivity contribution in [3.05, 3.63) is 0 Å². The van der Waals surface area contributed by atoms with Gasteiger partial charge >= 0.3 is 0 Å². The Bertz CT molecular complexity index is 306. The molecule has 1 aliphatic rings. The molecule has 5 heteroatoms. The van der Waals surface area contributed by atoms with Gasteiger partial charge in [-0.1, -0.05) is 13.8 Å². The monoisotopic (exact) mass is 261 g/mol. The highest BCUT2D eigenvalue weighted by Crippen LogP contribution is 2.47. The summed E-state index contributed by atoms with van der Waals surface area (Å²) >= 11 is 2.51. The molecule has 0 aromatic carbocycles. The molecular formula is C11H19NO2S2. The van der Waals surface area contributed by atoms with Crippen LogP contribution in [0.3, 0.4) is 0 Å². The first-order valence-electron chi connectivity index (χ1n) is 5.52. The second-order valence-electron chi connectivity index (χ2n) is 4.87. The van der Waals surface area contributed by atoms with E-state index in [0.29, 0.717) is 12.8 Å². The topological polar surface area (TPSA) is 37.4 Å². The van der Waals surface area contributed by atoms with E-state index in [4.69, 9.17) is 0 Å². The Morgan fingerprint density at radius 3 is 2.06 bits per heavy atom. The van der Waals surface area contributed by atoms with E-state index in [2.05, 4.69) is 0 Å². The fraction of sp³-hybridized carbons (Fsp3) is 0.818. The summed E-state index contributed by atoms with van der Waals surface area (Å²) in [5.74, 6) is -0.0348. The lowest BCUT2D eigenvalue weighted by Crippen LogP contribution is -2.37. The number of carbonyl (C=O) groups excluding carboxylic acids is 2. The zero-order chi connectivity index (χ0) is 12.6. The number of amides is 2. The molecule has 1 saturated heterocycles. The number of nitrogens with zero attached hydrogens (tertiary/aromatic N) is 1. The van der Waals surface area contributed by atoms with Gasteiger partial charge in [-0.3, -0.25) is 9.59 Å². The van der Waals surface area contributed by atoms with Crippen molar-refractivity contribution in [3.63, 3.8) is 0 Å². The molecule has 0 spiro atoms. The van der Waals surface area contributed by atoms with Crippen LogP contribution in [0.25, 0.3) is 0 Å². The lowest BCUT2D eigenvalue weighted by Gasteiger charge is -2.25.